The second-order valence-electron chi connectivity index (χ2n) is 4.39. The number of halogens is 1. The van der Waals surface area contributed by atoms with Crippen LogP contribution in [0.2, 0.25) is 5.02 Å². The highest BCUT2D eigenvalue weighted by Crippen LogP contribution is 2.23. The Kier molecular flexibility index (Phi) is 4.48. The van der Waals surface area contributed by atoms with Gasteiger partial charge in [-0.15, -0.1) is 0 Å². The van der Waals surface area contributed by atoms with E-state index in [4.69, 9.17) is 11.6 Å². The number of amides is 1. The van der Waals surface area contributed by atoms with Crippen LogP contribution >= 0.6 is 11.6 Å². The fourth-order valence-corrected chi connectivity index (χ4v) is 1.96. The normalized spacial score (nSPS) is 10.1. The van der Waals surface area contributed by atoms with Gasteiger partial charge in [0.15, 0.2) is 0 Å². The molecule has 0 aliphatic carbocycles. The Balaban J connectivity index is 2.00. The molecule has 2 rings (SSSR count). The smallest absolute Gasteiger partial charge is 0.221 e. The molecule has 0 unspecified atom stereocenters. The highest BCUT2D eigenvalue weighted by atomic mass is 35.5. The molecule has 0 aromatic heterocycles. The summed E-state index contributed by atoms with van der Waals surface area (Å²) >= 11 is 5.89. The topological polar surface area (TPSA) is 61.4 Å². The number of hydrogen-bond donors (Lipinski definition) is 3. The van der Waals surface area contributed by atoms with E-state index in [0.29, 0.717) is 11.6 Å². The molecule has 0 spiro atoms. The molecule has 0 bridgehead atoms. The van der Waals surface area contributed by atoms with Crippen molar-refractivity contribution in [2.24, 2.45) is 0 Å². The number of benzene rings is 2. The van der Waals surface area contributed by atoms with Gasteiger partial charge >= 0.3 is 0 Å². The highest BCUT2D eigenvalue weighted by molar-refractivity contribution is 6.30. The first-order valence-electron chi connectivity index (χ1n) is 6.13. The van der Waals surface area contributed by atoms with Crippen LogP contribution in [0, 0.1) is 0 Å². The fraction of sp³-hybridized carbons (Fsp3) is 0.133. The molecule has 3 N–H and O–H groups in total. The number of aromatic hydroxyl groups is 1. The molecule has 0 radical (unpaired) electrons. The molecule has 0 atom stereocenters. The lowest BCUT2D eigenvalue weighted by molar-refractivity contribution is -0.114. The van der Waals surface area contributed by atoms with Crippen molar-refractivity contribution >= 4 is 28.9 Å². The monoisotopic (exact) mass is 290 g/mol. The van der Waals surface area contributed by atoms with Crippen molar-refractivity contribution in [3.8, 4) is 5.75 Å². The van der Waals surface area contributed by atoms with E-state index in [-0.39, 0.29) is 11.7 Å². The minimum atomic E-state index is -0.102. The second-order valence-corrected chi connectivity index (χ2v) is 4.82. The molecule has 2 aromatic rings. The molecule has 0 aliphatic rings. The van der Waals surface area contributed by atoms with Crippen LogP contribution in [-0.2, 0) is 11.3 Å². The number of hydrogen-bond acceptors (Lipinski definition) is 3. The minimum absolute atomic E-state index is 0.102. The Morgan fingerprint density at radius 3 is 2.45 bits per heavy atom. The van der Waals surface area contributed by atoms with Crippen LogP contribution < -0.4 is 10.6 Å². The summed E-state index contributed by atoms with van der Waals surface area (Å²) in [6.45, 7) is 1.93. The highest BCUT2D eigenvalue weighted by Gasteiger charge is 2.02. The van der Waals surface area contributed by atoms with E-state index in [1.54, 1.807) is 18.2 Å². The molecule has 0 saturated heterocycles. The van der Waals surface area contributed by atoms with E-state index in [1.165, 1.54) is 6.92 Å². The number of carbonyl (C=O) groups excluding carboxylic acids is 1. The minimum Gasteiger partial charge on any atom is -0.508 e. The number of nitrogens with one attached hydrogen (secondary N) is 2. The number of phenolic OH excluding ortho intramolecular Hbond substituents is 1. The molecule has 2 aromatic carbocycles. The van der Waals surface area contributed by atoms with Crippen LogP contribution in [0.25, 0.3) is 0 Å². The van der Waals surface area contributed by atoms with E-state index in [9.17, 15) is 9.90 Å². The summed E-state index contributed by atoms with van der Waals surface area (Å²) < 4.78 is 0. The van der Waals surface area contributed by atoms with Gasteiger partial charge in [-0.1, -0.05) is 11.6 Å². The van der Waals surface area contributed by atoms with E-state index in [1.807, 2.05) is 24.3 Å². The molecule has 5 heteroatoms. The third-order valence-corrected chi connectivity index (χ3v) is 2.96. The van der Waals surface area contributed by atoms with Crippen molar-refractivity contribution in [1.29, 1.82) is 0 Å². The first kappa shape index (κ1) is 14.2. The maximum absolute atomic E-state index is 10.9. The number of rotatable bonds is 4. The lowest BCUT2D eigenvalue weighted by atomic mass is 10.2. The molecule has 0 saturated carbocycles. The largest absolute Gasteiger partial charge is 0.508 e. The lowest BCUT2D eigenvalue weighted by Crippen LogP contribution is -2.05. The Hall–Kier alpha value is -2.20. The molecule has 104 valence electrons. The summed E-state index contributed by atoms with van der Waals surface area (Å²) in [4.78, 5) is 10.9. The summed E-state index contributed by atoms with van der Waals surface area (Å²) in [6.07, 6.45) is 0. The Morgan fingerprint density at radius 1 is 1.15 bits per heavy atom. The maximum atomic E-state index is 10.9. The summed E-state index contributed by atoms with van der Waals surface area (Å²) in [5.74, 6) is 0.103. The van der Waals surface area contributed by atoms with Gasteiger partial charge in [0, 0.05) is 35.4 Å². The number of carbonyl (C=O) groups is 1. The van der Waals surface area contributed by atoms with E-state index in [0.717, 1.165) is 16.9 Å². The van der Waals surface area contributed by atoms with E-state index in [2.05, 4.69) is 10.6 Å². The van der Waals surface area contributed by atoms with Crippen molar-refractivity contribution < 1.29 is 9.90 Å². The predicted molar refractivity (Wildman–Crippen MR) is 81.2 cm³/mol. The van der Waals surface area contributed by atoms with Gasteiger partial charge in [0.2, 0.25) is 5.91 Å². The van der Waals surface area contributed by atoms with E-state index < -0.39 is 0 Å². The van der Waals surface area contributed by atoms with Crippen LogP contribution in [0.4, 0.5) is 11.4 Å². The summed E-state index contributed by atoms with van der Waals surface area (Å²) in [6, 6.07) is 12.3. The van der Waals surface area contributed by atoms with Gasteiger partial charge < -0.3 is 15.7 Å². The van der Waals surface area contributed by atoms with Crippen LogP contribution in [0.5, 0.6) is 5.75 Å². The summed E-state index contributed by atoms with van der Waals surface area (Å²) in [5.41, 5.74) is 2.36. The van der Waals surface area contributed by atoms with Gasteiger partial charge in [0.1, 0.15) is 5.75 Å². The Bertz CT molecular complexity index is 612. The van der Waals surface area contributed by atoms with Crippen LogP contribution in [0.15, 0.2) is 42.5 Å². The maximum Gasteiger partial charge on any atom is 0.221 e. The van der Waals surface area contributed by atoms with Crippen molar-refractivity contribution in [2.45, 2.75) is 13.5 Å². The molecular weight excluding hydrogens is 276 g/mol. The van der Waals surface area contributed by atoms with Crippen LogP contribution in [0.3, 0.4) is 0 Å². The average molecular weight is 291 g/mol. The fourth-order valence-electron chi connectivity index (χ4n) is 1.77. The zero-order valence-corrected chi connectivity index (χ0v) is 11.7. The molecule has 0 heterocycles. The Labute approximate surface area is 122 Å². The Morgan fingerprint density at radius 2 is 1.80 bits per heavy atom. The molecule has 20 heavy (non-hydrogen) atoms. The second kappa shape index (κ2) is 6.30. The molecule has 0 fully saturated rings. The average Bonchev–Trinajstić information content (AvgIpc) is 2.41. The standard InChI is InChI=1S/C15H15ClN2O2/c1-10(19)18-14-5-3-13(4-6-14)17-9-11-8-12(16)2-7-15(11)20/h2-8,17,20H,9H2,1H3,(H,18,19). The molecular formula is C15H15ClN2O2. The number of phenols is 1. The number of anilines is 2. The zero-order valence-electron chi connectivity index (χ0n) is 11.0. The van der Waals surface area contributed by atoms with E-state index >= 15 is 0 Å². The third kappa shape index (κ3) is 3.90. The third-order valence-electron chi connectivity index (χ3n) is 2.73. The lowest BCUT2D eigenvalue weighted by Gasteiger charge is -2.09. The molecule has 4 nitrogen and oxygen atoms in total. The van der Waals surface area contributed by atoms with Crippen LogP contribution in [-0.4, -0.2) is 11.0 Å². The molecule has 1 amide bonds. The van der Waals surface area contributed by atoms with Gasteiger partial charge in [-0.05, 0) is 42.5 Å². The van der Waals surface area contributed by atoms with Gasteiger partial charge in [0.25, 0.3) is 0 Å². The van der Waals surface area contributed by atoms with Gasteiger partial charge in [-0.25, -0.2) is 0 Å². The van der Waals surface area contributed by atoms with Crippen molar-refractivity contribution in [1.82, 2.24) is 0 Å². The summed E-state index contributed by atoms with van der Waals surface area (Å²) in [7, 11) is 0. The van der Waals surface area contributed by atoms with Crippen LogP contribution in [0.1, 0.15) is 12.5 Å². The van der Waals surface area contributed by atoms with Crippen molar-refractivity contribution in [3.63, 3.8) is 0 Å². The van der Waals surface area contributed by atoms with Crippen molar-refractivity contribution in [2.75, 3.05) is 10.6 Å². The quantitative estimate of drug-likeness (QED) is 0.806. The SMILES string of the molecule is CC(=O)Nc1ccc(NCc2cc(Cl)ccc2O)cc1. The molecule has 0 aliphatic heterocycles. The predicted octanol–water partition coefficient (Wildman–Crippen LogP) is 3.62. The first-order chi connectivity index (χ1) is 9.54. The zero-order chi connectivity index (χ0) is 14.5. The van der Waals surface area contributed by atoms with Gasteiger partial charge in [0.05, 0.1) is 0 Å². The van der Waals surface area contributed by atoms with Gasteiger partial charge in [-0.2, -0.15) is 0 Å². The van der Waals surface area contributed by atoms with Gasteiger partial charge in [-0.3, -0.25) is 4.79 Å². The van der Waals surface area contributed by atoms with Crippen molar-refractivity contribution in [3.05, 3.63) is 53.1 Å². The first-order valence-corrected chi connectivity index (χ1v) is 6.51. The summed E-state index contributed by atoms with van der Waals surface area (Å²) in [5, 5.41) is 16.2.